The number of nitrogens with zero attached hydrogens (tertiary/aromatic N) is 3. The molecule has 202 valence electrons. The Morgan fingerprint density at radius 2 is 1.97 bits per heavy atom. The molecule has 0 aliphatic carbocycles. The third kappa shape index (κ3) is 4.24. The number of halogens is 1. The van der Waals surface area contributed by atoms with Crippen LogP contribution in [-0.4, -0.2) is 45.6 Å². The van der Waals surface area contributed by atoms with Gasteiger partial charge in [-0.15, -0.1) is 0 Å². The molecule has 2 aliphatic heterocycles. The molecule has 0 saturated carbocycles. The molecule has 4 aromatic rings. The number of aryl methyl sites for hydroxylation is 1. The molecule has 8 heteroatoms. The second-order valence-corrected chi connectivity index (χ2v) is 11.0. The van der Waals surface area contributed by atoms with Gasteiger partial charge < -0.3 is 20.1 Å². The number of nitrogens with one attached hydrogen (secondary N) is 1. The number of fused-ring (bicyclic) bond motifs is 3. The van der Waals surface area contributed by atoms with Gasteiger partial charge in [-0.05, 0) is 49.7 Å². The van der Waals surface area contributed by atoms with E-state index in [2.05, 4.69) is 36.5 Å². The minimum atomic E-state index is -1.58. The highest BCUT2D eigenvalue weighted by Crippen LogP contribution is 2.56. The largest absolute Gasteiger partial charge is 0.493 e. The van der Waals surface area contributed by atoms with Crippen LogP contribution in [0.3, 0.4) is 0 Å². The Hall–Kier alpha value is -3.55. The van der Waals surface area contributed by atoms with Gasteiger partial charge in [0.25, 0.3) is 0 Å². The highest BCUT2D eigenvalue weighted by atomic mass is 35.5. The maximum absolute atomic E-state index is 12.9. The highest BCUT2D eigenvalue weighted by molar-refractivity contribution is 6.37. The third-order valence-corrected chi connectivity index (χ3v) is 8.84. The molecular formula is C31H33ClN4O3. The number of alkyl halides is 1. The molecule has 0 amide bonds. The van der Waals surface area contributed by atoms with Gasteiger partial charge in [0, 0.05) is 48.3 Å². The summed E-state index contributed by atoms with van der Waals surface area (Å²) in [5, 5.41) is 21.0. The molecule has 2 atom stereocenters. The summed E-state index contributed by atoms with van der Waals surface area (Å²) in [6.45, 7) is 4.50. The Kier molecular flexibility index (Phi) is 6.73. The Balaban J connectivity index is 1.35. The average Bonchev–Trinajstić information content (AvgIpc) is 3.36. The molecule has 39 heavy (non-hydrogen) atoms. The highest BCUT2D eigenvalue weighted by Gasteiger charge is 2.56. The van der Waals surface area contributed by atoms with Crippen LogP contribution in [0.25, 0.3) is 21.9 Å². The van der Waals surface area contributed by atoms with Gasteiger partial charge in [-0.1, -0.05) is 66.2 Å². The van der Waals surface area contributed by atoms with Crippen molar-refractivity contribution in [3.05, 3.63) is 77.6 Å². The van der Waals surface area contributed by atoms with E-state index in [0.29, 0.717) is 32.5 Å². The fourth-order valence-electron chi connectivity index (χ4n) is 6.30. The molecule has 3 heterocycles. The number of carbonyl (C=O) groups is 1. The fourth-order valence-corrected chi connectivity index (χ4v) is 6.69. The summed E-state index contributed by atoms with van der Waals surface area (Å²) in [5.41, 5.74) is 5.97. The van der Waals surface area contributed by atoms with Gasteiger partial charge in [0.05, 0.1) is 18.0 Å². The van der Waals surface area contributed by atoms with Crippen molar-refractivity contribution in [2.75, 3.05) is 24.6 Å². The van der Waals surface area contributed by atoms with Gasteiger partial charge in [-0.3, -0.25) is 4.68 Å². The fraction of sp³-hybridized carbons (Fsp3) is 0.355. The molecule has 6 rings (SSSR count). The van der Waals surface area contributed by atoms with Crippen molar-refractivity contribution in [1.82, 2.24) is 15.1 Å². The molecule has 0 saturated heterocycles. The number of carboxylic acids is 1. The molecule has 2 unspecified atom stereocenters. The summed E-state index contributed by atoms with van der Waals surface area (Å²) in [6, 6.07) is 20.3. The molecule has 3 aromatic carbocycles. The van der Waals surface area contributed by atoms with Gasteiger partial charge in [-0.2, -0.15) is 5.10 Å². The number of para-hydroxylation sites is 1. The number of benzene rings is 3. The summed E-state index contributed by atoms with van der Waals surface area (Å²) in [7, 11) is 1.95. The zero-order chi connectivity index (χ0) is 27.1. The third-order valence-electron chi connectivity index (χ3n) is 8.22. The van der Waals surface area contributed by atoms with E-state index in [1.54, 1.807) is 0 Å². The lowest BCUT2D eigenvalue weighted by Crippen LogP contribution is -2.51. The Morgan fingerprint density at radius 1 is 1.18 bits per heavy atom. The molecule has 2 N–H and O–H groups in total. The van der Waals surface area contributed by atoms with Crippen molar-refractivity contribution in [3.63, 3.8) is 0 Å². The van der Waals surface area contributed by atoms with E-state index in [1.165, 1.54) is 0 Å². The monoisotopic (exact) mass is 544 g/mol. The molecule has 0 radical (unpaired) electrons. The lowest BCUT2D eigenvalue weighted by atomic mass is 9.88. The molecule has 7 nitrogen and oxygen atoms in total. The summed E-state index contributed by atoms with van der Waals surface area (Å²) < 4.78 is 8.10. The standard InChI is InChI=1S/C31H33ClN4O3/c1-20-28-24-13-6-12-23-25(14-7-18-39-27-15-5-10-21-9-3-4-11-22(21)27)31(32,30(37)38)36(29(23)24)17-8-16-33-19-26(28)34-35(20)2/h3-6,9-13,15,25,33H,7-8,14,16-19H2,1-2H3,(H,37,38). The normalized spacial score (nSPS) is 20.5. The van der Waals surface area contributed by atoms with Crippen LogP contribution in [-0.2, 0) is 18.4 Å². The number of hydrogen-bond donors (Lipinski definition) is 2. The first-order valence-corrected chi connectivity index (χ1v) is 14.0. The van der Waals surface area contributed by atoms with Crippen LogP contribution in [0, 0.1) is 6.92 Å². The number of rotatable bonds is 6. The SMILES string of the molecule is Cc1c2c(nn1C)CNCCCN1c3c-2cccc3C(CCCOc2cccc3ccccc23)C1(Cl)C(=O)O. The van der Waals surface area contributed by atoms with Crippen molar-refractivity contribution in [2.45, 2.75) is 43.6 Å². The minimum Gasteiger partial charge on any atom is -0.493 e. The van der Waals surface area contributed by atoms with Crippen LogP contribution in [0.5, 0.6) is 5.75 Å². The first-order valence-electron chi connectivity index (χ1n) is 13.6. The lowest BCUT2D eigenvalue weighted by molar-refractivity contribution is -0.140. The summed E-state index contributed by atoms with van der Waals surface area (Å²) in [6.07, 6.45) is 2.03. The van der Waals surface area contributed by atoms with Crippen molar-refractivity contribution >= 4 is 34.0 Å². The van der Waals surface area contributed by atoms with Crippen LogP contribution >= 0.6 is 11.6 Å². The smallest absolute Gasteiger partial charge is 0.346 e. The topological polar surface area (TPSA) is 79.6 Å². The second kappa shape index (κ2) is 10.2. The Morgan fingerprint density at radius 3 is 2.82 bits per heavy atom. The number of aromatic nitrogens is 2. The molecular weight excluding hydrogens is 512 g/mol. The molecule has 1 aromatic heterocycles. The molecule has 2 aliphatic rings. The van der Waals surface area contributed by atoms with Crippen molar-refractivity contribution < 1.29 is 14.6 Å². The van der Waals surface area contributed by atoms with Gasteiger partial charge >= 0.3 is 5.97 Å². The molecule has 0 fully saturated rings. The predicted octanol–water partition coefficient (Wildman–Crippen LogP) is 5.82. The van der Waals surface area contributed by atoms with Crippen LogP contribution < -0.4 is 15.0 Å². The maximum atomic E-state index is 12.9. The second-order valence-electron chi connectivity index (χ2n) is 10.5. The number of aliphatic carboxylic acids is 1. The first-order chi connectivity index (χ1) is 18.9. The van der Waals surface area contributed by atoms with E-state index in [-0.39, 0.29) is 0 Å². The van der Waals surface area contributed by atoms with Crippen LogP contribution in [0.15, 0.2) is 60.7 Å². The Labute approximate surface area is 233 Å². The van der Waals surface area contributed by atoms with Crippen LogP contribution in [0.2, 0.25) is 0 Å². The Bertz CT molecular complexity index is 1550. The van der Waals surface area contributed by atoms with Crippen molar-refractivity contribution in [1.29, 1.82) is 0 Å². The average molecular weight is 545 g/mol. The molecule has 0 bridgehead atoms. The van der Waals surface area contributed by atoms with Gasteiger partial charge in [0.15, 0.2) is 0 Å². The number of ether oxygens (including phenoxy) is 1. The zero-order valence-electron chi connectivity index (χ0n) is 22.3. The van der Waals surface area contributed by atoms with E-state index in [1.807, 2.05) is 53.0 Å². The molecule has 0 spiro atoms. The summed E-state index contributed by atoms with van der Waals surface area (Å²) in [4.78, 5) is 13.3. The zero-order valence-corrected chi connectivity index (χ0v) is 23.0. The quantitative estimate of drug-likeness (QED) is 0.181. The van der Waals surface area contributed by atoms with E-state index >= 15 is 0 Å². The number of anilines is 1. The predicted molar refractivity (Wildman–Crippen MR) is 155 cm³/mol. The van der Waals surface area contributed by atoms with Gasteiger partial charge in [0.2, 0.25) is 5.00 Å². The first kappa shape index (κ1) is 25.7. The number of hydrogen-bond acceptors (Lipinski definition) is 5. The van der Waals surface area contributed by atoms with E-state index in [9.17, 15) is 9.90 Å². The van der Waals surface area contributed by atoms with Crippen LogP contribution in [0.4, 0.5) is 5.69 Å². The number of carboxylic acid groups (broad SMARTS) is 1. The van der Waals surface area contributed by atoms with Crippen molar-refractivity contribution in [3.8, 4) is 16.9 Å². The van der Waals surface area contributed by atoms with Crippen molar-refractivity contribution in [2.24, 2.45) is 7.05 Å². The van der Waals surface area contributed by atoms with E-state index in [4.69, 9.17) is 21.4 Å². The summed E-state index contributed by atoms with van der Waals surface area (Å²) >= 11 is 7.22. The summed E-state index contributed by atoms with van der Waals surface area (Å²) in [5.74, 6) is -0.569. The lowest BCUT2D eigenvalue weighted by Gasteiger charge is -2.36. The minimum absolute atomic E-state index is 0.392. The van der Waals surface area contributed by atoms with Crippen LogP contribution in [0.1, 0.15) is 42.1 Å². The van der Waals surface area contributed by atoms with E-state index < -0.39 is 16.9 Å². The maximum Gasteiger partial charge on any atom is 0.346 e. The van der Waals surface area contributed by atoms with Gasteiger partial charge in [-0.25, -0.2) is 4.79 Å². The van der Waals surface area contributed by atoms with E-state index in [0.717, 1.165) is 63.3 Å². The van der Waals surface area contributed by atoms with Gasteiger partial charge in [0.1, 0.15) is 5.75 Å².